The molecule has 0 atom stereocenters. The van der Waals surface area contributed by atoms with Crippen molar-refractivity contribution in [3.8, 4) is 0 Å². The number of amides is 1. The van der Waals surface area contributed by atoms with Crippen LogP contribution in [0.4, 0.5) is 0 Å². The zero-order valence-corrected chi connectivity index (χ0v) is 14.1. The fourth-order valence-corrected chi connectivity index (χ4v) is 3.12. The molecule has 1 rings (SSSR count). The Labute approximate surface area is 132 Å². The van der Waals surface area contributed by atoms with Crippen LogP contribution in [-0.4, -0.2) is 52.6 Å². The Morgan fingerprint density at radius 2 is 1.95 bits per heavy atom. The van der Waals surface area contributed by atoms with Gasteiger partial charge in [0.15, 0.2) is 0 Å². The largest absolute Gasteiger partial charge is 0.385 e. The number of ether oxygens (including phenoxy) is 1. The van der Waals surface area contributed by atoms with Crippen LogP contribution in [0.3, 0.4) is 0 Å². The molecule has 124 valence electrons. The van der Waals surface area contributed by atoms with Crippen LogP contribution >= 0.6 is 0 Å². The summed E-state index contributed by atoms with van der Waals surface area (Å²) in [4.78, 5) is 14.0. The second kappa shape index (κ2) is 8.87. The molecule has 0 fully saturated rings. The molecule has 1 aromatic rings. The van der Waals surface area contributed by atoms with Crippen molar-refractivity contribution in [3.05, 3.63) is 29.8 Å². The van der Waals surface area contributed by atoms with Crippen molar-refractivity contribution >= 4 is 15.9 Å². The maximum absolute atomic E-state index is 12.3. The molecule has 22 heavy (non-hydrogen) atoms. The first-order valence-electron chi connectivity index (χ1n) is 7.34. The van der Waals surface area contributed by atoms with Crippen LogP contribution in [0.5, 0.6) is 0 Å². The SMILES string of the molecule is CCN(CC)C(=O)c1cccc(S(=O)(=O)NCCCOC)c1. The van der Waals surface area contributed by atoms with Gasteiger partial charge in [-0.05, 0) is 38.5 Å². The highest BCUT2D eigenvalue weighted by Crippen LogP contribution is 2.13. The maximum atomic E-state index is 12.3. The van der Waals surface area contributed by atoms with Gasteiger partial charge in [0.1, 0.15) is 0 Å². The molecule has 7 heteroatoms. The molecular formula is C15H24N2O4S. The molecule has 0 aliphatic heterocycles. The van der Waals surface area contributed by atoms with Gasteiger partial charge < -0.3 is 9.64 Å². The molecule has 0 aliphatic carbocycles. The van der Waals surface area contributed by atoms with E-state index in [0.29, 0.717) is 38.2 Å². The van der Waals surface area contributed by atoms with Gasteiger partial charge in [0.25, 0.3) is 5.91 Å². The molecule has 1 N–H and O–H groups in total. The van der Waals surface area contributed by atoms with Gasteiger partial charge in [-0.2, -0.15) is 0 Å². The summed E-state index contributed by atoms with van der Waals surface area (Å²) in [7, 11) is -2.05. The number of benzene rings is 1. The lowest BCUT2D eigenvalue weighted by molar-refractivity contribution is 0.0772. The lowest BCUT2D eigenvalue weighted by Crippen LogP contribution is -2.31. The number of nitrogens with one attached hydrogen (secondary N) is 1. The summed E-state index contributed by atoms with van der Waals surface area (Å²) in [5.41, 5.74) is 0.378. The van der Waals surface area contributed by atoms with E-state index in [2.05, 4.69) is 4.72 Å². The van der Waals surface area contributed by atoms with Crippen LogP contribution in [0.25, 0.3) is 0 Å². The molecule has 1 amide bonds. The highest BCUT2D eigenvalue weighted by molar-refractivity contribution is 7.89. The van der Waals surface area contributed by atoms with E-state index in [9.17, 15) is 13.2 Å². The second-order valence-electron chi connectivity index (χ2n) is 4.75. The van der Waals surface area contributed by atoms with Gasteiger partial charge >= 0.3 is 0 Å². The van der Waals surface area contributed by atoms with Crippen LogP contribution in [0.1, 0.15) is 30.6 Å². The van der Waals surface area contributed by atoms with Gasteiger partial charge in [-0.25, -0.2) is 13.1 Å². The number of rotatable bonds is 9. The van der Waals surface area contributed by atoms with Crippen LogP contribution in [0, 0.1) is 0 Å². The average Bonchev–Trinajstić information content (AvgIpc) is 2.53. The van der Waals surface area contributed by atoms with Crippen molar-refractivity contribution in [2.45, 2.75) is 25.2 Å². The zero-order valence-electron chi connectivity index (χ0n) is 13.3. The summed E-state index contributed by atoms with van der Waals surface area (Å²) in [6.07, 6.45) is 0.591. The minimum atomic E-state index is -3.61. The number of hydrogen-bond acceptors (Lipinski definition) is 4. The van der Waals surface area contributed by atoms with Crippen LogP contribution < -0.4 is 4.72 Å². The summed E-state index contributed by atoms with van der Waals surface area (Å²) in [6, 6.07) is 6.11. The minimum absolute atomic E-state index is 0.0999. The van der Waals surface area contributed by atoms with Gasteiger partial charge in [-0.3, -0.25) is 4.79 Å². The summed E-state index contributed by atoms with van der Waals surface area (Å²) >= 11 is 0. The van der Waals surface area contributed by atoms with Crippen LogP contribution in [0.2, 0.25) is 0 Å². The Kier molecular flexibility index (Phi) is 7.50. The zero-order chi connectivity index (χ0) is 16.6. The molecule has 1 aromatic carbocycles. The first kappa shape index (κ1) is 18.6. The molecule has 0 bridgehead atoms. The Balaban J connectivity index is 2.89. The van der Waals surface area contributed by atoms with Gasteiger partial charge in [-0.15, -0.1) is 0 Å². The third-order valence-electron chi connectivity index (χ3n) is 3.26. The fourth-order valence-electron chi connectivity index (χ4n) is 2.00. The molecule has 0 heterocycles. The van der Waals surface area contributed by atoms with Crippen LogP contribution in [-0.2, 0) is 14.8 Å². The molecule has 0 aliphatic rings. The standard InChI is InChI=1S/C15H24N2O4S/c1-4-17(5-2)15(18)13-8-6-9-14(12-13)22(19,20)16-10-7-11-21-3/h6,8-9,12,16H,4-5,7,10-11H2,1-3H3. The fraction of sp³-hybridized carbons (Fsp3) is 0.533. The summed E-state index contributed by atoms with van der Waals surface area (Å²) in [6.45, 7) is 5.73. The predicted molar refractivity (Wildman–Crippen MR) is 85.4 cm³/mol. The van der Waals surface area contributed by atoms with Crippen molar-refractivity contribution in [3.63, 3.8) is 0 Å². The van der Waals surface area contributed by atoms with Gasteiger partial charge in [0, 0.05) is 38.9 Å². The van der Waals surface area contributed by atoms with Crippen molar-refractivity contribution in [2.75, 3.05) is 33.4 Å². The number of methoxy groups -OCH3 is 1. The van der Waals surface area contributed by atoms with Gasteiger partial charge in [0.05, 0.1) is 4.90 Å². The molecular weight excluding hydrogens is 304 g/mol. The Bertz CT molecular complexity index is 583. The number of carbonyl (C=O) groups is 1. The normalized spacial score (nSPS) is 11.4. The Morgan fingerprint density at radius 3 is 2.55 bits per heavy atom. The Morgan fingerprint density at radius 1 is 1.27 bits per heavy atom. The lowest BCUT2D eigenvalue weighted by Gasteiger charge is -2.19. The van der Waals surface area contributed by atoms with E-state index in [1.54, 1.807) is 24.1 Å². The van der Waals surface area contributed by atoms with Crippen molar-refractivity contribution < 1.29 is 17.9 Å². The summed E-state index contributed by atoms with van der Waals surface area (Å²) in [5.74, 6) is -0.165. The number of carbonyl (C=O) groups excluding carboxylic acids is 1. The molecule has 0 saturated heterocycles. The van der Waals surface area contributed by atoms with E-state index in [1.165, 1.54) is 12.1 Å². The number of nitrogens with zero attached hydrogens (tertiary/aromatic N) is 1. The third kappa shape index (κ3) is 5.08. The number of sulfonamides is 1. The predicted octanol–water partition coefficient (Wildman–Crippen LogP) is 1.48. The average molecular weight is 328 g/mol. The minimum Gasteiger partial charge on any atom is -0.385 e. The van der Waals surface area contributed by atoms with E-state index < -0.39 is 10.0 Å². The smallest absolute Gasteiger partial charge is 0.253 e. The highest BCUT2D eigenvalue weighted by Gasteiger charge is 2.17. The highest BCUT2D eigenvalue weighted by atomic mass is 32.2. The number of hydrogen-bond donors (Lipinski definition) is 1. The summed E-state index contributed by atoms with van der Waals surface area (Å²) in [5, 5.41) is 0. The third-order valence-corrected chi connectivity index (χ3v) is 4.72. The van der Waals surface area contributed by atoms with Crippen molar-refractivity contribution in [1.82, 2.24) is 9.62 Å². The molecule has 0 saturated carbocycles. The second-order valence-corrected chi connectivity index (χ2v) is 6.52. The van der Waals surface area contributed by atoms with Crippen molar-refractivity contribution in [1.29, 1.82) is 0 Å². The van der Waals surface area contributed by atoms with Gasteiger partial charge in [0.2, 0.25) is 10.0 Å². The molecule has 0 aromatic heterocycles. The van der Waals surface area contributed by atoms with E-state index in [0.717, 1.165) is 0 Å². The topological polar surface area (TPSA) is 75.7 Å². The molecule has 6 nitrogen and oxygen atoms in total. The molecule has 0 unspecified atom stereocenters. The quantitative estimate of drug-likeness (QED) is 0.697. The van der Waals surface area contributed by atoms with Crippen molar-refractivity contribution in [2.24, 2.45) is 0 Å². The van der Waals surface area contributed by atoms with E-state index >= 15 is 0 Å². The molecule has 0 radical (unpaired) electrons. The first-order valence-corrected chi connectivity index (χ1v) is 8.82. The molecule has 0 spiro atoms. The first-order chi connectivity index (χ1) is 10.5. The monoisotopic (exact) mass is 328 g/mol. The van der Waals surface area contributed by atoms with E-state index in [1.807, 2.05) is 13.8 Å². The van der Waals surface area contributed by atoms with E-state index in [-0.39, 0.29) is 10.8 Å². The Hall–Kier alpha value is -1.44. The lowest BCUT2D eigenvalue weighted by atomic mass is 10.2. The maximum Gasteiger partial charge on any atom is 0.253 e. The summed E-state index contributed by atoms with van der Waals surface area (Å²) < 4.78 is 31.8. The van der Waals surface area contributed by atoms with E-state index in [4.69, 9.17) is 4.74 Å². The van der Waals surface area contributed by atoms with Gasteiger partial charge in [-0.1, -0.05) is 6.07 Å². The van der Waals surface area contributed by atoms with Crippen LogP contribution in [0.15, 0.2) is 29.2 Å².